The molecule has 2 N–H and O–H groups in total. The van der Waals surface area contributed by atoms with E-state index >= 15 is 0 Å². The van der Waals surface area contributed by atoms with E-state index in [1.54, 1.807) is 11.3 Å². The van der Waals surface area contributed by atoms with Crippen molar-refractivity contribution in [2.24, 2.45) is 0 Å². The van der Waals surface area contributed by atoms with Crippen LogP contribution in [-0.2, 0) is 4.74 Å². The molecule has 1 fully saturated rings. The van der Waals surface area contributed by atoms with Gasteiger partial charge in [0.05, 0.1) is 23.4 Å². The van der Waals surface area contributed by atoms with E-state index in [9.17, 15) is 4.79 Å². The van der Waals surface area contributed by atoms with Gasteiger partial charge in [0, 0.05) is 36.3 Å². The molecule has 0 bridgehead atoms. The average Bonchev–Trinajstić information content (AvgIpc) is 3.00. The van der Waals surface area contributed by atoms with E-state index in [4.69, 9.17) is 4.74 Å². The highest BCUT2D eigenvalue weighted by Gasteiger charge is 2.18. The number of amides is 2. The van der Waals surface area contributed by atoms with Gasteiger partial charge in [-0.1, -0.05) is 12.1 Å². The molecule has 6 nitrogen and oxygen atoms in total. The Kier molecular flexibility index (Phi) is 5.44. The maximum Gasteiger partial charge on any atom is 0.319 e. The lowest BCUT2D eigenvalue weighted by Gasteiger charge is -2.30. The molecule has 0 aliphatic carbocycles. The number of rotatable bonds is 4. The molecule has 0 saturated carbocycles. The van der Waals surface area contributed by atoms with Crippen LogP contribution in [0.1, 0.15) is 5.01 Å². The van der Waals surface area contributed by atoms with E-state index in [-0.39, 0.29) is 12.1 Å². The monoisotopic (exact) mass is 346 g/mol. The van der Waals surface area contributed by atoms with E-state index in [0.717, 1.165) is 35.0 Å². The van der Waals surface area contributed by atoms with Crippen LogP contribution in [0, 0.1) is 6.92 Å². The van der Waals surface area contributed by atoms with Gasteiger partial charge < -0.3 is 20.3 Å². The summed E-state index contributed by atoms with van der Waals surface area (Å²) in [4.78, 5) is 18.7. The fourth-order valence-corrected chi connectivity index (χ4v) is 3.21. The molecule has 1 aromatic carbocycles. The summed E-state index contributed by atoms with van der Waals surface area (Å²) in [7, 11) is 2.06. The number of aromatic nitrogens is 1. The van der Waals surface area contributed by atoms with Crippen molar-refractivity contribution in [3.63, 3.8) is 0 Å². The molecule has 1 aromatic heterocycles. The number of hydrogen-bond donors (Lipinski definition) is 2. The van der Waals surface area contributed by atoms with E-state index in [1.807, 2.05) is 36.6 Å². The maximum absolute atomic E-state index is 12.0. The molecule has 0 radical (unpaired) electrons. The summed E-state index contributed by atoms with van der Waals surface area (Å²) in [6.45, 7) is 4.98. The van der Waals surface area contributed by atoms with E-state index in [1.165, 1.54) is 0 Å². The minimum absolute atomic E-state index is 0.0461. The average molecular weight is 346 g/mol. The van der Waals surface area contributed by atoms with E-state index in [2.05, 4.69) is 27.6 Å². The van der Waals surface area contributed by atoms with Gasteiger partial charge >= 0.3 is 6.03 Å². The minimum atomic E-state index is -0.218. The number of benzene rings is 1. The number of ether oxygens (including phenoxy) is 1. The number of aryl methyl sites for hydroxylation is 1. The molecule has 1 saturated heterocycles. The molecule has 24 heavy (non-hydrogen) atoms. The number of hydrogen-bond acceptors (Lipinski definition) is 5. The van der Waals surface area contributed by atoms with Gasteiger partial charge in [-0.2, -0.15) is 0 Å². The summed E-state index contributed by atoms with van der Waals surface area (Å²) in [5.41, 5.74) is 2.76. The lowest BCUT2D eigenvalue weighted by atomic mass is 10.1. The number of likely N-dealkylation sites (N-methyl/N-ethyl adjacent to an activating group) is 1. The number of thiazole rings is 1. The smallest absolute Gasteiger partial charge is 0.319 e. The lowest BCUT2D eigenvalue weighted by molar-refractivity contribution is -0.0166. The van der Waals surface area contributed by atoms with Crippen LogP contribution in [0.2, 0.25) is 0 Å². The third-order valence-corrected chi connectivity index (χ3v) is 4.66. The molecular formula is C17H22N4O2S. The SMILES string of the molecule is Cc1nc(-c2ccc(NC(=O)NC[C@@H]3CN(C)CCO3)cc2)cs1. The Labute approximate surface area is 145 Å². The normalized spacial score (nSPS) is 18.3. The Hall–Kier alpha value is -1.96. The predicted octanol–water partition coefficient (Wildman–Crippen LogP) is 2.57. The van der Waals surface area contributed by atoms with Crippen LogP contribution in [-0.4, -0.2) is 55.3 Å². The Balaban J connectivity index is 1.49. The number of morpholine rings is 1. The molecule has 7 heteroatoms. The third kappa shape index (κ3) is 4.53. The van der Waals surface area contributed by atoms with Gasteiger partial charge in [-0.25, -0.2) is 9.78 Å². The van der Waals surface area contributed by atoms with Crippen LogP contribution in [0.4, 0.5) is 10.5 Å². The number of nitrogens with one attached hydrogen (secondary N) is 2. The van der Waals surface area contributed by atoms with Crippen LogP contribution < -0.4 is 10.6 Å². The molecular weight excluding hydrogens is 324 g/mol. The minimum Gasteiger partial charge on any atom is -0.374 e. The van der Waals surface area contributed by atoms with Crippen LogP contribution in [0.5, 0.6) is 0 Å². The second-order valence-electron chi connectivity index (χ2n) is 5.92. The van der Waals surface area contributed by atoms with Crippen molar-refractivity contribution < 1.29 is 9.53 Å². The van der Waals surface area contributed by atoms with Crippen LogP contribution in [0.15, 0.2) is 29.6 Å². The molecule has 0 spiro atoms. The zero-order valence-corrected chi connectivity index (χ0v) is 14.7. The third-order valence-electron chi connectivity index (χ3n) is 3.89. The fourth-order valence-electron chi connectivity index (χ4n) is 2.59. The molecule has 1 atom stereocenters. The number of carbonyl (C=O) groups excluding carboxylic acids is 1. The van der Waals surface area contributed by atoms with Gasteiger partial charge in [-0.05, 0) is 26.1 Å². The van der Waals surface area contributed by atoms with Crippen molar-refractivity contribution in [2.75, 3.05) is 38.6 Å². The lowest BCUT2D eigenvalue weighted by Crippen LogP contribution is -2.46. The van der Waals surface area contributed by atoms with Gasteiger partial charge in [0.25, 0.3) is 0 Å². The number of urea groups is 1. The first-order chi connectivity index (χ1) is 11.6. The quantitative estimate of drug-likeness (QED) is 0.893. The molecule has 3 rings (SSSR count). The van der Waals surface area contributed by atoms with Gasteiger partial charge in [0.1, 0.15) is 0 Å². The van der Waals surface area contributed by atoms with E-state index < -0.39 is 0 Å². The fraction of sp³-hybridized carbons (Fsp3) is 0.412. The maximum atomic E-state index is 12.0. The molecule has 0 unspecified atom stereocenters. The summed E-state index contributed by atoms with van der Waals surface area (Å²) in [6, 6.07) is 7.47. The molecule has 2 aromatic rings. The topological polar surface area (TPSA) is 66.5 Å². The Morgan fingerprint density at radius 2 is 2.21 bits per heavy atom. The highest BCUT2D eigenvalue weighted by atomic mass is 32.1. The molecule has 1 aliphatic rings. The first kappa shape index (κ1) is 16.9. The number of nitrogens with zero attached hydrogens (tertiary/aromatic N) is 2. The van der Waals surface area contributed by atoms with Crippen molar-refractivity contribution in [2.45, 2.75) is 13.0 Å². The van der Waals surface area contributed by atoms with Crippen molar-refractivity contribution in [1.82, 2.24) is 15.2 Å². The summed E-state index contributed by atoms with van der Waals surface area (Å²) in [5.74, 6) is 0. The summed E-state index contributed by atoms with van der Waals surface area (Å²) in [6.07, 6.45) is 0.0461. The van der Waals surface area contributed by atoms with Gasteiger partial charge in [0.2, 0.25) is 0 Å². The Bertz CT molecular complexity index is 686. The standard InChI is InChI=1S/C17H22N4O2S/c1-12-19-16(11-24-12)13-3-5-14(6-4-13)20-17(22)18-9-15-10-21(2)7-8-23-15/h3-6,11,15H,7-10H2,1-2H3,(H2,18,20,22)/t15-/m1/s1. The second-order valence-corrected chi connectivity index (χ2v) is 6.98. The zero-order chi connectivity index (χ0) is 16.9. The van der Waals surface area contributed by atoms with Crippen LogP contribution in [0.3, 0.4) is 0 Å². The van der Waals surface area contributed by atoms with Crippen molar-refractivity contribution in [1.29, 1.82) is 0 Å². The van der Waals surface area contributed by atoms with Crippen molar-refractivity contribution >= 4 is 23.1 Å². The largest absolute Gasteiger partial charge is 0.374 e. The molecule has 1 aliphatic heterocycles. The van der Waals surface area contributed by atoms with Crippen LogP contribution >= 0.6 is 11.3 Å². The summed E-state index contributed by atoms with van der Waals surface area (Å²) in [5, 5.41) is 8.78. The van der Waals surface area contributed by atoms with Crippen molar-refractivity contribution in [3.8, 4) is 11.3 Å². The Morgan fingerprint density at radius 1 is 1.42 bits per heavy atom. The van der Waals surface area contributed by atoms with E-state index in [0.29, 0.717) is 13.2 Å². The number of carbonyl (C=O) groups is 1. The molecule has 128 valence electrons. The molecule has 2 amide bonds. The van der Waals surface area contributed by atoms with Gasteiger partial charge in [-0.3, -0.25) is 0 Å². The highest BCUT2D eigenvalue weighted by Crippen LogP contribution is 2.23. The highest BCUT2D eigenvalue weighted by molar-refractivity contribution is 7.09. The second kappa shape index (κ2) is 7.74. The zero-order valence-electron chi connectivity index (χ0n) is 13.9. The Morgan fingerprint density at radius 3 is 2.88 bits per heavy atom. The molecule has 2 heterocycles. The predicted molar refractivity (Wildman–Crippen MR) is 96.5 cm³/mol. The van der Waals surface area contributed by atoms with Crippen molar-refractivity contribution in [3.05, 3.63) is 34.7 Å². The van der Waals surface area contributed by atoms with Gasteiger partial charge in [0.15, 0.2) is 0 Å². The van der Waals surface area contributed by atoms with Crippen LogP contribution in [0.25, 0.3) is 11.3 Å². The summed E-state index contributed by atoms with van der Waals surface area (Å²) >= 11 is 1.63. The summed E-state index contributed by atoms with van der Waals surface area (Å²) < 4.78 is 5.63. The number of anilines is 1. The first-order valence-corrected chi connectivity index (χ1v) is 8.85. The first-order valence-electron chi connectivity index (χ1n) is 7.98. The van der Waals surface area contributed by atoms with Gasteiger partial charge in [-0.15, -0.1) is 11.3 Å².